The summed E-state index contributed by atoms with van der Waals surface area (Å²) in [6, 6.07) is 3.52. The fraction of sp³-hybridized carbons (Fsp3) is 0.300. The van der Waals surface area contributed by atoms with Gasteiger partial charge in [0, 0.05) is 5.92 Å². The van der Waals surface area contributed by atoms with Gasteiger partial charge in [-0.3, -0.25) is 10.1 Å². The van der Waals surface area contributed by atoms with E-state index in [2.05, 4.69) is 31.4 Å². The Bertz CT molecular complexity index is 559. The highest BCUT2D eigenvalue weighted by molar-refractivity contribution is 9.10. The molecule has 0 saturated heterocycles. The van der Waals surface area contributed by atoms with Gasteiger partial charge in [0.2, 0.25) is 5.91 Å². The van der Waals surface area contributed by atoms with Gasteiger partial charge in [-0.15, -0.1) is 5.10 Å². The minimum atomic E-state index is -0.0687. The number of halogens is 1. The van der Waals surface area contributed by atoms with Crippen molar-refractivity contribution in [2.45, 2.75) is 12.8 Å². The molecule has 7 heteroatoms. The Hall–Kier alpha value is -1.63. The molecule has 1 aliphatic rings. The van der Waals surface area contributed by atoms with Crippen molar-refractivity contribution in [3.63, 3.8) is 0 Å². The fourth-order valence-corrected chi connectivity index (χ4v) is 1.66. The second-order valence-corrected chi connectivity index (χ2v) is 4.56. The van der Waals surface area contributed by atoms with E-state index in [9.17, 15) is 4.79 Å². The maximum Gasteiger partial charge on any atom is 0.322 e. The number of hydrogen-bond donors (Lipinski definition) is 1. The first kappa shape index (κ1) is 10.5. The van der Waals surface area contributed by atoms with E-state index in [1.54, 1.807) is 12.1 Å². The summed E-state index contributed by atoms with van der Waals surface area (Å²) in [5.74, 6) is 0.724. The monoisotopic (exact) mass is 297 g/mol. The first-order chi connectivity index (χ1) is 8.22. The maximum atomic E-state index is 11.5. The molecule has 0 radical (unpaired) electrons. The van der Waals surface area contributed by atoms with Gasteiger partial charge in [-0.25, -0.2) is 0 Å². The molecule has 0 spiro atoms. The molecule has 2 aromatic rings. The summed E-state index contributed by atoms with van der Waals surface area (Å²) in [6.07, 6.45) is 1.86. The van der Waals surface area contributed by atoms with Crippen LogP contribution in [0.3, 0.4) is 0 Å². The van der Waals surface area contributed by atoms with Gasteiger partial charge in [0.25, 0.3) is 5.89 Å². The third-order valence-corrected chi connectivity index (χ3v) is 2.81. The lowest BCUT2D eigenvalue weighted by molar-refractivity contribution is -0.117. The highest BCUT2D eigenvalue weighted by atomic mass is 79.9. The van der Waals surface area contributed by atoms with Crippen molar-refractivity contribution in [2.75, 3.05) is 5.32 Å². The molecule has 3 rings (SSSR count). The average molecular weight is 298 g/mol. The largest absolute Gasteiger partial charge is 0.444 e. The molecule has 88 valence electrons. The number of amides is 1. The molecular formula is C10H8BrN3O3. The van der Waals surface area contributed by atoms with E-state index in [-0.39, 0.29) is 23.7 Å². The fourth-order valence-electron chi connectivity index (χ4n) is 1.36. The highest BCUT2D eigenvalue weighted by Gasteiger charge is 2.30. The molecule has 17 heavy (non-hydrogen) atoms. The second-order valence-electron chi connectivity index (χ2n) is 3.78. The van der Waals surface area contributed by atoms with E-state index in [1.165, 1.54) is 0 Å². The van der Waals surface area contributed by atoms with Crippen molar-refractivity contribution >= 4 is 27.9 Å². The number of furan rings is 1. The topological polar surface area (TPSA) is 81.2 Å². The molecule has 1 aliphatic carbocycles. The first-order valence-electron chi connectivity index (χ1n) is 5.12. The summed E-state index contributed by atoms with van der Waals surface area (Å²) in [6.45, 7) is 0. The van der Waals surface area contributed by atoms with Crippen molar-refractivity contribution in [1.29, 1.82) is 0 Å². The number of anilines is 1. The second kappa shape index (κ2) is 3.99. The minimum Gasteiger partial charge on any atom is -0.444 e. The highest BCUT2D eigenvalue weighted by Crippen LogP contribution is 2.30. The molecular weight excluding hydrogens is 290 g/mol. The van der Waals surface area contributed by atoms with Gasteiger partial charge in [-0.1, -0.05) is 5.10 Å². The number of hydrogen-bond acceptors (Lipinski definition) is 5. The maximum absolute atomic E-state index is 11.5. The van der Waals surface area contributed by atoms with Crippen LogP contribution in [0.2, 0.25) is 0 Å². The van der Waals surface area contributed by atoms with E-state index in [1.807, 2.05) is 0 Å². The molecule has 6 nitrogen and oxygen atoms in total. The van der Waals surface area contributed by atoms with Gasteiger partial charge >= 0.3 is 6.01 Å². The van der Waals surface area contributed by atoms with Gasteiger partial charge in [0.1, 0.15) is 0 Å². The third-order valence-electron chi connectivity index (χ3n) is 2.39. The molecule has 1 N–H and O–H groups in total. The van der Waals surface area contributed by atoms with Crippen LogP contribution in [0.1, 0.15) is 12.8 Å². The molecule has 0 unspecified atom stereocenters. The van der Waals surface area contributed by atoms with Crippen LogP contribution in [0.5, 0.6) is 0 Å². The minimum absolute atomic E-state index is 0.0687. The number of nitrogens with zero attached hydrogens (tertiary/aromatic N) is 2. The summed E-state index contributed by atoms with van der Waals surface area (Å²) in [7, 11) is 0. The number of aromatic nitrogens is 2. The van der Waals surface area contributed by atoms with Crippen LogP contribution < -0.4 is 5.32 Å². The van der Waals surface area contributed by atoms with E-state index < -0.39 is 0 Å². The van der Waals surface area contributed by atoms with Crippen LogP contribution in [0, 0.1) is 5.92 Å². The molecule has 1 fully saturated rings. The normalized spacial score (nSPS) is 14.9. The lowest BCUT2D eigenvalue weighted by atomic mass is 10.4. The van der Waals surface area contributed by atoms with Crippen molar-refractivity contribution in [2.24, 2.45) is 5.92 Å². The summed E-state index contributed by atoms with van der Waals surface area (Å²) < 4.78 is 11.1. The van der Waals surface area contributed by atoms with Gasteiger partial charge in [-0.05, 0) is 40.9 Å². The van der Waals surface area contributed by atoms with Crippen LogP contribution in [-0.4, -0.2) is 16.1 Å². The number of rotatable bonds is 3. The SMILES string of the molecule is O=C(Nc1nnc(-c2ccc(Br)o2)o1)C1CC1. The molecule has 1 amide bonds. The van der Waals surface area contributed by atoms with Crippen molar-refractivity contribution in [3.05, 3.63) is 16.8 Å². The van der Waals surface area contributed by atoms with Crippen LogP contribution >= 0.6 is 15.9 Å². The van der Waals surface area contributed by atoms with Crippen LogP contribution in [0.25, 0.3) is 11.7 Å². The molecule has 0 aliphatic heterocycles. The van der Waals surface area contributed by atoms with Gasteiger partial charge < -0.3 is 8.83 Å². The van der Waals surface area contributed by atoms with E-state index in [0.717, 1.165) is 12.8 Å². The Kier molecular flexibility index (Phi) is 2.47. The van der Waals surface area contributed by atoms with Gasteiger partial charge in [0.05, 0.1) is 0 Å². The Balaban J connectivity index is 1.75. The Morgan fingerprint density at radius 2 is 2.18 bits per heavy atom. The molecule has 0 atom stereocenters. The Morgan fingerprint density at radius 1 is 1.35 bits per heavy atom. The van der Waals surface area contributed by atoms with Crippen LogP contribution in [0.15, 0.2) is 25.6 Å². The standard InChI is InChI=1S/C10H8BrN3O3/c11-7-4-3-6(16-7)9-13-14-10(17-9)12-8(15)5-1-2-5/h3-5H,1-2H2,(H,12,14,15). The van der Waals surface area contributed by atoms with Crippen LogP contribution in [0.4, 0.5) is 6.01 Å². The number of nitrogens with one attached hydrogen (secondary N) is 1. The third kappa shape index (κ3) is 2.23. The molecule has 2 heterocycles. The predicted octanol–water partition coefficient (Wildman–Crippen LogP) is 2.44. The van der Waals surface area contributed by atoms with Crippen molar-refractivity contribution in [3.8, 4) is 11.7 Å². The van der Waals surface area contributed by atoms with Crippen LogP contribution in [-0.2, 0) is 4.79 Å². The lowest BCUT2D eigenvalue weighted by Gasteiger charge is -1.95. The molecule has 1 saturated carbocycles. The zero-order valence-electron chi connectivity index (χ0n) is 8.64. The zero-order chi connectivity index (χ0) is 11.8. The molecule has 0 aromatic carbocycles. The lowest BCUT2D eigenvalue weighted by Crippen LogP contribution is -2.13. The van der Waals surface area contributed by atoms with Crippen molar-refractivity contribution in [1.82, 2.24) is 10.2 Å². The smallest absolute Gasteiger partial charge is 0.322 e. The predicted molar refractivity (Wildman–Crippen MR) is 61.1 cm³/mol. The summed E-state index contributed by atoms with van der Waals surface area (Å²) in [4.78, 5) is 11.5. The first-order valence-corrected chi connectivity index (χ1v) is 5.92. The summed E-state index contributed by atoms with van der Waals surface area (Å²) >= 11 is 3.18. The number of carbonyl (C=O) groups excluding carboxylic acids is 1. The number of carbonyl (C=O) groups is 1. The van der Waals surface area contributed by atoms with E-state index >= 15 is 0 Å². The zero-order valence-corrected chi connectivity index (χ0v) is 10.2. The van der Waals surface area contributed by atoms with E-state index in [4.69, 9.17) is 8.83 Å². The quantitative estimate of drug-likeness (QED) is 0.941. The Morgan fingerprint density at radius 3 is 2.82 bits per heavy atom. The van der Waals surface area contributed by atoms with Gasteiger partial charge in [0.15, 0.2) is 10.4 Å². The summed E-state index contributed by atoms with van der Waals surface area (Å²) in [5.41, 5.74) is 0. The molecule has 0 bridgehead atoms. The Labute approximate surface area is 105 Å². The van der Waals surface area contributed by atoms with Gasteiger partial charge in [-0.2, -0.15) is 0 Å². The van der Waals surface area contributed by atoms with E-state index in [0.29, 0.717) is 10.4 Å². The average Bonchev–Trinajstić information content (AvgIpc) is 2.92. The summed E-state index contributed by atoms with van der Waals surface area (Å²) in [5, 5.41) is 10.1. The van der Waals surface area contributed by atoms with Crippen molar-refractivity contribution < 1.29 is 13.6 Å². The molecule has 2 aromatic heterocycles.